The van der Waals surface area contributed by atoms with Crippen molar-refractivity contribution in [2.45, 2.75) is 12.6 Å². The number of nitrogens with one attached hydrogen (secondary N) is 1. The number of carbonyl (C=O) groups excluding carboxylic acids is 1. The second-order valence-corrected chi connectivity index (χ2v) is 8.70. The topological polar surface area (TPSA) is 131 Å². The molecule has 14 heteroatoms. The third kappa shape index (κ3) is 16.8. The van der Waals surface area contributed by atoms with Gasteiger partial charge in [-0.25, -0.2) is 4.79 Å². The molecule has 11 nitrogen and oxygen atoms in total. The highest BCUT2D eigenvalue weighted by Gasteiger charge is 2.30. The SMILES string of the molecule is O=C(O)CCOCCOCCOCCOCCOCCOCCOC(=O)c1ccccc1Nc1cccc(C(F)(F)F)c1. The van der Waals surface area contributed by atoms with Crippen molar-refractivity contribution in [3.05, 3.63) is 59.7 Å². The number of rotatable bonds is 24. The van der Waals surface area contributed by atoms with Crippen LogP contribution in [-0.2, 0) is 44.1 Å². The molecule has 2 aromatic carbocycles. The van der Waals surface area contributed by atoms with E-state index in [2.05, 4.69) is 5.32 Å². The van der Waals surface area contributed by atoms with Crippen molar-refractivity contribution in [3.63, 3.8) is 0 Å². The molecule has 0 bridgehead atoms. The van der Waals surface area contributed by atoms with Gasteiger partial charge >= 0.3 is 18.1 Å². The third-order valence-electron chi connectivity index (χ3n) is 5.40. The first-order valence-corrected chi connectivity index (χ1v) is 13.7. The summed E-state index contributed by atoms with van der Waals surface area (Å²) in [5, 5.41) is 11.3. The Bertz CT molecular complexity index is 1070. The van der Waals surface area contributed by atoms with Gasteiger partial charge < -0.3 is 43.6 Å². The van der Waals surface area contributed by atoms with E-state index in [0.717, 1.165) is 12.1 Å². The quantitative estimate of drug-likeness (QED) is 0.130. The van der Waals surface area contributed by atoms with Gasteiger partial charge in [0, 0.05) is 5.69 Å². The summed E-state index contributed by atoms with van der Waals surface area (Å²) in [6.07, 6.45) is -4.51. The van der Waals surface area contributed by atoms with Gasteiger partial charge in [0.05, 0.1) is 103 Å². The molecule has 0 aliphatic rings. The predicted octanol–water partition coefficient (Wildman–Crippen LogP) is 4.18. The molecule has 2 N–H and O–H groups in total. The summed E-state index contributed by atoms with van der Waals surface area (Å²) in [5.41, 5.74) is -0.113. The van der Waals surface area contributed by atoms with E-state index >= 15 is 0 Å². The summed E-state index contributed by atoms with van der Waals surface area (Å²) in [4.78, 5) is 22.8. The van der Waals surface area contributed by atoms with Crippen LogP contribution >= 0.6 is 0 Å². The molecule has 2 rings (SSSR count). The fourth-order valence-corrected chi connectivity index (χ4v) is 3.33. The van der Waals surface area contributed by atoms with Crippen LogP contribution in [0.15, 0.2) is 48.5 Å². The Balaban J connectivity index is 1.44. The van der Waals surface area contributed by atoms with E-state index in [1.807, 2.05) is 0 Å². The second kappa shape index (κ2) is 21.4. The van der Waals surface area contributed by atoms with Crippen LogP contribution in [0.4, 0.5) is 24.5 Å². The average Bonchev–Trinajstić information content (AvgIpc) is 2.97. The van der Waals surface area contributed by atoms with Crippen molar-refractivity contribution in [3.8, 4) is 0 Å². The molecule has 0 fully saturated rings. The number of alkyl halides is 3. The molecule has 0 amide bonds. The molecule has 43 heavy (non-hydrogen) atoms. The van der Waals surface area contributed by atoms with E-state index in [0.29, 0.717) is 71.8 Å². The summed E-state index contributed by atoms with van der Waals surface area (Å²) in [6.45, 7) is 4.00. The Morgan fingerprint density at radius 2 is 1.14 bits per heavy atom. The molecule has 0 aromatic heterocycles. The van der Waals surface area contributed by atoms with Crippen LogP contribution in [0.1, 0.15) is 22.3 Å². The zero-order chi connectivity index (χ0) is 31.2. The van der Waals surface area contributed by atoms with E-state index in [4.69, 9.17) is 38.3 Å². The second-order valence-electron chi connectivity index (χ2n) is 8.70. The number of halogens is 3. The maximum atomic E-state index is 13.0. The van der Waals surface area contributed by atoms with Crippen molar-refractivity contribution in [1.82, 2.24) is 0 Å². The monoisotopic (exact) mass is 617 g/mol. The van der Waals surface area contributed by atoms with Gasteiger partial charge in [0.15, 0.2) is 0 Å². The lowest BCUT2D eigenvalue weighted by molar-refractivity contribution is -0.139. The molecule has 0 aliphatic heterocycles. The molecular weight excluding hydrogens is 579 g/mol. The van der Waals surface area contributed by atoms with Gasteiger partial charge in [-0.2, -0.15) is 13.2 Å². The minimum absolute atomic E-state index is 0.00848. The molecule has 0 saturated heterocycles. The highest BCUT2D eigenvalue weighted by Crippen LogP contribution is 2.32. The number of carboxylic acids is 1. The Morgan fingerprint density at radius 1 is 0.651 bits per heavy atom. The van der Waals surface area contributed by atoms with E-state index in [1.165, 1.54) is 18.2 Å². The van der Waals surface area contributed by atoms with E-state index in [1.54, 1.807) is 18.2 Å². The van der Waals surface area contributed by atoms with Crippen molar-refractivity contribution < 1.29 is 61.0 Å². The number of anilines is 2. The van der Waals surface area contributed by atoms with Crippen LogP contribution in [-0.4, -0.2) is 103 Å². The van der Waals surface area contributed by atoms with Gasteiger partial charge in [-0.15, -0.1) is 0 Å². The minimum Gasteiger partial charge on any atom is -0.481 e. The lowest BCUT2D eigenvalue weighted by Crippen LogP contribution is -2.15. The number of hydrogen-bond donors (Lipinski definition) is 2. The van der Waals surface area contributed by atoms with Crippen LogP contribution in [0, 0.1) is 0 Å². The zero-order valence-electron chi connectivity index (χ0n) is 23.8. The normalized spacial score (nSPS) is 11.4. The number of carboxylic acid groups (broad SMARTS) is 1. The summed E-state index contributed by atoms with van der Waals surface area (Å²) in [6, 6.07) is 11.1. The fraction of sp³-hybridized carbons (Fsp3) is 0.517. The predicted molar refractivity (Wildman–Crippen MR) is 149 cm³/mol. The highest BCUT2D eigenvalue weighted by molar-refractivity contribution is 5.96. The number of carbonyl (C=O) groups is 2. The molecule has 0 heterocycles. The molecule has 0 radical (unpaired) electrons. The lowest BCUT2D eigenvalue weighted by Gasteiger charge is -2.13. The summed E-state index contributed by atoms with van der Waals surface area (Å²) < 4.78 is 76.2. The minimum atomic E-state index is -4.48. The van der Waals surface area contributed by atoms with Crippen LogP contribution in [0.5, 0.6) is 0 Å². The number of hydrogen-bond acceptors (Lipinski definition) is 10. The van der Waals surface area contributed by atoms with Gasteiger partial charge in [-0.05, 0) is 30.3 Å². The standard InChI is InChI=1S/C29H38F3NO10/c30-29(31,32)23-4-3-5-24(22-23)33-26-7-2-1-6-25(26)28(36)43-21-20-42-19-18-41-17-16-40-15-14-39-13-12-38-11-10-37-9-8-27(34)35/h1-7,22,33H,8-21H2,(H,34,35). The van der Waals surface area contributed by atoms with E-state index in [9.17, 15) is 22.8 Å². The van der Waals surface area contributed by atoms with Gasteiger partial charge in [-0.1, -0.05) is 18.2 Å². The Morgan fingerprint density at radius 3 is 1.65 bits per heavy atom. The summed E-state index contributed by atoms with van der Waals surface area (Å²) in [5.74, 6) is -1.53. The molecule has 0 atom stereocenters. The van der Waals surface area contributed by atoms with Gasteiger partial charge in [-0.3, -0.25) is 4.79 Å². The smallest absolute Gasteiger partial charge is 0.416 e. The summed E-state index contributed by atoms with van der Waals surface area (Å²) >= 11 is 0. The number of aliphatic carboxylic acids is 1. The van der Waals surface area contributed by atoms with Crippen molar-refractivity contribution in [1.29, 1.82) is 0 Å². The highest BCUT2D eigenvalue weighted by atomic mass is 19.4. The zero-order valence-corrected chi connectivity index (χ0v) is 23.8. The maximum absolute atomic E-state index is 13.0. The van der Waals surface area contributed by atoms with Crippen molar-refractivity contribution >= 4 is 23.3 Å². The van der Waals surface area contributed by atoms with Crippen molar-refractivity contribution in [2.24, 2.45) is 0 Å². The van der Waals surface area contributed by atoms with Crippen molar-refractivity contribution in [2.75, 3.05) is 91.2 Å². The van der Waals surface area contributed by atoms with Gasteiger partial charge in [0.1, 0.15) is 6.61 Å². The Kier molecular flexibility index (Phi) is 17.9. The molecular formula is C29H38F3NO10. The van der Waals surface area contributed by atoms with E-state index in [-0.39, 0.29) is 37.5 Å². The first-order valence-electron chi connectivity index (χ1n) is 13.7. The fourth-order valence-electron chi connectivity index (χ4n) is 3.33. The lowest BCUT2D eigenvalue weighted by atomic mass is 10.1. The van der Waals surface area contributed by atoms with Gasteiger partial charge in [0.2, 0.25) is 0 Å². The number of para-hydroxylation sites is 1. The molecule has 0 unspecified atom stereocenters. The third-order valence-corrected chi connectivity index (χ3v) is 5.40. The largest absolute Gasteiger partial charge is 0.481 e. The molecule has 0 aliphatic carbocycles. The number of esters is 1. The summed E-state index contributed by atoms with van der Waals surface area (Å²) in [7, 11) is 0. The average molecular weight is 618 g/mol. The Hall–Kier alpha value is -3.27. The Labute approximate surface area is 248 Å². The van der Waals surface area contributed by atoms with E-state index < -0.39 is 23.7 Å². The van der Waals surface area contributed by atoms with Gasteiger partial charge in [0.25, 0.3) is 0 Å². The first-order chi connectivity index (χ1) is 20.8. The maximum Gasteiger partial charge on any atom is 0.416 e. The van der Waals surface area contributed by atoms with Crippen LogP contribution < -0.4 is 5.32 Å². The number of ether oxygens (including phenoxy) is 7. The first kappa shape index (κ1) is 35.9. The van der Waals surface area contributed by atoms with Crippen LogP contribution in [0.25, 0.3) is 0 Å². The molecule has 240 valence electrons. The van der Waals surface area contributed by atoms with Crippen LogP contribution in [0.3, 0.4) is 0 Å². The number of benzene rings is 2. The molecule has 0 saturated carbocycles. The molecule has 0 spiro atoms. The molecule has 2 aromatic rings. The van der Waals surface area contributed by atoms with Crippen LogP contribution in [0.2, 0.25) is 0 Å².